The zero-order valence-corrected chi connectivity index (χ0v) is 9.38. The summed E-state index contributed by atoms with van der Waals surface area (Å²) in [7, 11) is 1.39. The minimum absolute atomic E-state index is 0.246. The van der Waals surface area contributed by atoms with Gasteiger partial charge in [-0.3, -0.25) is 4.79 Å². The molecule has 1 aliphatic rings. The first kappa shape index (κ1) is 10.8. The van der Waals surface area contributed by atoms with E-state index in [0.29, 0.717) is 5.69 Å². The van der Waals surface area contributed by atoms with E-state index in [-0.39, 0.29) is 12.4 Å². The summed E-state index contributed by atoms with van der Waals surface area (Å²) in [6.45, 7) is 0.989. The molecule has 0 atom stereocenters. The molecule has 3 N–H and O–H groups in total. The fourth-order valence-corrected chi connectivity index (χ4v) is 1.97. The molecule has 0 radical (unpaired) electrons. The first-order chi connectivity index (χ1) is 7.70. The van der Waals surface area contributed by atoms with Crippen molar-refractivity contribution < 1.29 is 9.53 Å². The van der Waals surface area contributed by atoms with Crippen molar-refractivity contribution in [3.8, 4) is 0 Å². The third-order valence-electron chi connectivity index (χ3n) is 2.87. The predicted molar refractivity (Wildman–Crippen MR) is 63.4 cm³/mol. The van der Waals surface area contributed by atoms with Gasteiger partial charge in [-0.1, -0.05) is 6.07 Å². The molecule has 4 nitrogen and oxygen atoms in total. The summed E-state index contributed by atoms with van der Waals surface area (Å²) in [5, 5.41) is 3.30. The van der Waals surface area contributed by atoms with Gasteiger partial charge < -0.3 is 15.8 Å². The van der Waals surface area contributed by atoms with Gasteiger partial charge in [-0.25, -0.2) is 0 Å². The molecule has 0 fully saturated rings. The van der Waals surface area contributed by atoms with Gasteiger partial charge in [0.2, 0.25) is 0 Å². The van der Waals surface area contributed by atoms with E-state index < -0.39 is 0 Å². The SMILES string of the molecule is COC(=O)Cc1cc2c(cc1N)NCCC2. The number of esters is 1. The van der Waals surface area contributed by atoms with Crippen LogP contribution in [0.15, 0.2) is 12.1 Å². The van der Waals surface area contributed by atoms with Crippen LogP contribution >= 0.6 is 0 Å². The smallest absolute Gasteiger partial charge is 0.310 e. The maximum Gasteiger partial charge on any atom is 0.310 e. The molecule has 0 unspecified atom stereocenters. The highest BCUT2D eigenvalue weighted by Crippen LogP contribution is 2.27. The van der Waals surface area contributed by atoms with Crippen molar-refractivity contribution in [2.75, 3.05) is 24.7 Å². The average Bonchev–Trinajstić information content (AvgIpc) is 2.30. The van der Waals surface area contributed by atoms with Gasteiger partial charge >= 0.3 is 5.97 Å². The summed E-state index contributed by atoms with van der Waals surface area (Å²) in [6, 6.07) is 3.92. The largest absolute Gasteiger partial charge is 0.469 e. The molecule has 1 aromatic rings. The molecule has 0 aliphatic carbocycles. The normalized spacial score (nSPS) is 13.8. The van der Waals surface area contributed by atoms with Crippen molar-refractivity contribution in [3.63, 3.8) is 0 Å². The molecular formula is C12H16N2O2. The predicted octanol–water partition coefficient (Wildman–Crippen LogP) is 1.34. The number of nitrogens with two attached hydrogens (primary N) is 1. The van der Waals surface area contributed by atoms with E-state index in [1.54, 1.807) is 0 Å². The monoisotopic (exact) mass is 220 g/mol. The lowest BCUT2D eigenvalue weighted by molar-refractivity contribution is -0.139. The van der Waals surface area contributed by atoms with Crippen LogP contribution < -0.4 is 11.1 Å². The number of methoxy groups -OCH3 is 1. The third-order valence-corrected chi connectivity index (χ3v) is 2.87. The lowest BCUT2D eigenvalue weighted by Gasteiger charge is -2.19. The van der Waals surface area contributed by atoms with Gasteiger partial charge in [0.25, 0.3) is 0 Å². The van der Waals surface area contributed by atoms with E-state index in [4.69, 9.17) is 5.73 Å². The minimum Gasteiger partial charge on any atom is -0.469 e. The lowest BCUT2D eigenvalue weighted by atomic mass is 9.98. The Labute approximate surface area is 94.8 Å². The third kappa shape index (κ3) is 2.10. The van der Waals surface area contributed by atoms with Crippen LogP contribution in [0.1, 0.15) is 17.5 Å². The molecule has 16 heavy (non-hydrogen) atoms. The van der Waals surface area contributed by atoms with Crippen molar-refractivity contribution in [1.29, 1.82) is 0 Å². The number of benzene rings is 1. The zero-order chi connectivity index (χ0) is 11.5. The fourth-order valence-electron chi connectivity index (χ4n) is 1.97. The minimum atomic E-state index is -0.254. The highest BCUT2D eigenvalue weighted by Gasteiger charge is 2.13. The van der Waals surface area contributed by atoms with Crippen LogP contribution in [-0.4, -0.2) is 19.6 Å². The van der Waals surface area contributed by atoms with Gasteiger partial charge in [-0.05, 0) is 30.0 Å². The number of hydrogen-bond acceptors (Lipinski definition) is 4. The molecule has 0 amide bonds. The van der Waals surface area contributed by atoms with Gasteiger partial charge in [-0.15, -0.1) is 0 Å². The van der Waals surface area contributed by atoms with E-state index in [9.17, 15) is 4.79 Å². The Morgan fingerprint density at radius 3 is 3.12 bits per heavy atom. The van der Waals surface area contributed by atoms with Gasteiger partial charge in [0.15, 0.2) is 0 Å². The molecule has 0 aromatic heterocycles. The van der Waals surface area contributed by atoms with Gasteiger partial charge in [0.1, 0.15) is 0 Å². The number of nitrogens with one attached hydrogen (secondary N) is 1. The molecule has 0 saturated carbocycles. The maximum atomic E-state index is 11.2. The number of nitrogen functional groups attached to an aromatic ring is 1. The fraction of sp³-hybridized carbons (Fsp3) is 0.417. The number of carbonyl (C=O) groups is 1. The Balaban J connectivity index is 2.28. The summed E-state index contributed by atoms with van der Waals surface area (Å²) in [5.74, 6) is -0.254. The molecule has 0 saturated heterocycles. The van der Waals surface area contributed by atoms with Crippen LogP contribution in [-0.2, 0) is 22.4 Å². The molecule has 1 aliphatic heterocycles. The van der Waals surface area contributed by atoms with Crippen LogP contribution in [0.3, 0.4) is 0 Å². The Hall–Kier alpha value is -1.71. The summed E-state index contributed by atoms with van der Waals surface area (Å²) >= 11 is 0. The summed E-state index contributed by atoms with van der Waals surface area (Å²) in [5.41, 5.74) is 9.74. The maximum absolute atomic E-state index is 11.2. The summed E-state index contributed by atoms with van der Waals surface area (Å²) in [4.78, 5) is 11.2. The number of carbonyl (C=O) groups excluding carboxylic acids is 1. The van der Waals surface area contributed by atoms with E-state index in [1.807, 2.05) is 12.1 Å². The van der Waals surface area contributed by atoms with Crippen molar-refractivity contribution >= 4 is 17.3 Å². The Kier molecular flexibility index (Phi) is 2.99. The highest BCUT2D eigenvalue weighted by molar-refractivity contribution is 5.76. The molecule has 1 heterocycles. The lowest BCUT2D eigenvalue weighted by Crippen LogP contribution is -2.14. The number of aryl methyl sites for hydroxylation is 1. The highest BCUT2D eigenvalue weighted by atomic mass is 16.5. The second-order valence-electron chi connectivity index (χ2n) is 3.99. The topological polar surface area (TPSA) is 64.3 Å². The summed E-state index contributed by atoms with van der Waals surface area (Å²) < 4.78 is 4.64. The van der Waals surface area contributed by atoms with Crippen LogP contribution in [0.4, 0.5) is 11.4 Å². The number of rotatable bonds is 2. The van der Waals surface area contributed by atoms with Crippen LogP contribution in [0.2, 0.25) is 0 Å². The average molecular weight is 220 g/mol. The number of anilines is 2. The van der Waals surface area contributed by atoms with Crippen molar-refractivity contribution in [2.45, 2.75) is 19.3 Å². The van der Waals surface area contributed by atoms with Gasteiger partial charge in [0, 0.05) is 17.9 Å². The Bertz CT molecular complexity index is 416. The number of fused-ring (bicyclic) bond motifs is 1. The molecule has 0 spiro atoms. The molecule has 0 bridgehead atoms. The molecule has 2 rings (SSSR count). The van der Waals surface area contributed by atoms with Crippen LogP contribution in [0, 0.1) is 0 Å². The van der Waals surface area contributed by atoms with Crippen molar-refractivity contribution in [1.82, 2.24) is 0 Å². The number of ether oxygens (including phenoxy) is 1. The molecule has 1 aromatic carbocycles. The van der Waals surface area contributed by atoms with Crippen LogP contribution in [0.25, 0.3) is 0 Å². The molecule has 4 heteroatoms. The quantitative estimate of drug-likeness (QED) is 0.583. The Morgan fingerprint density at radius 1 is 1.56 bits per heavy atom. The zero-order valence-electron chi connectivity index (χ0n) is 9.38. The van der Waals surface area contributed by atoms with E-state index in [2.05, 4.69) is 10.1 Å². The molecule has 86 valence electrons. The van der Waals surface area contributed by atoms with Crippen LogP contribution in [0.5, 0.6) is 0 Å². The Morgan fingerprint density at radius 2 is 2.38 bits per heavy atom. The first-order valence-corrected chi connectivity index (χ1v) is 5.42. The summed E-state index contributed by atoms with van der Waals surface area (Å²) in [6.07, 6.45) is 2.40. The standard InChI is InChI=1S/C12H16N2O2/c1-16-12(15)6-9-5-8-3-2-4-14-11(8)7-10(9)13/h5,7,14H,2-4,6,13H2,1H3. The second kappa shape index (κ2) is 4.43. The van der Waals surface area contributed by atoms with Gasteiger partial charge in [0.05, 0.1) is 13.5 Å². The second-order valence-corrected chi connectivity index (χ2v) is 3.99. The van der Waals surface area contributed by atoms with Crippen molar-refractivity contribution in [3.05, 3.63) is 23.3 Å². The first-order valence-electron chi connectivity index (χ1n) is 5.42. The van der Waals surface area contributed by atoms with E-state index in [1.165, 1.54) is 12.7 Å². The van der Waals surface area contributed by atoms with Gasteiger partial charge in [-0.2, -0.15) is 0 Å². The van der Waals surface area contributed by atoms with E-state index >= 15 is 0 Å². The number of hydrogen-bond donors (Lipinski definition) is 2. The van der Waals surface area contributed by atoms with E-state index in [0.717, 1.165) is 30.6 Å². The van der Waals surface area contributed by atoms with Crippen molar-refractivity contribution in [2.24, 2.45) is 0 Å². The molecular weight excluding hydrogens is 204 g/mol.